The lowest BCUT2D eigenvalue weighted by Gasteiger charge is -2.30. The van der Waals surface area contributed by atoms with Crippen molar-refractivity contribution in [2.45, 2.75) is 75.9 Å². The normalized spacial score (nSPS) is 13.9. The van der Waals surface area contributed by atoms with Gasteiger partial charge >= 0.3 is 5.97 Å². The third-order valence-electron chi connectivity index (χ3n) is 8.15. The lowest BCUT2D eigenvalue weighted by atomic mass is 10.1. The number of amides is 4. The second-order valence-corrected chi connectivity index (χ2v) is 12.6. The molecule has 0 saturated carbocycles. The Morgan fingerprint density at radius 1 is 0.702 bits per heavy atom. The largest absolute Gasteiger partial charge is 0.504 e. The number of aliphatic hydroxyl groups excluding tert-OH is 1. The number of aliphatic imine (C=N–C) groups is 2. The van der Waals surface area contributed by atoms with E-state index in [4.69, 9.17) is 27.7 Å². The molecule has 2 aromatic rings. The molecule has 6 unspecified atom stereocenters. The zero-order valence-electron chi connectivity index (χ0n) is 31.2. The van der Waals surface area contributed by atoms with Gasteiger partial charge in [-0.05, 0) is 63.8 Å². The minimum Gasteiger partial charge on any atom is -0.504 e. The number of hydrogen-bond donors (Lipinski definition) is 14. The molecule has 6 atom stereocenters. The molecule has 18 N–H and O–H groups in total. The van der Waals surface area contributed by atoms with Gasteiger partial charge in [-0.2, -0.15) is 0 Å². The predicted octanol–water partition coefficient (Wildman–Crippen LogP) is -2.13. The number of hydrogen-bond acceptors (Lipinski definition) is 13. The second kappa shape index (κ2) is 21.8. The third kappa shape index (κ3) is 14.3. The minimum absolute atomic E-state index is 0.0344. The third-order valence-corrected chi connectivity index (χ3v) is 8.15. The number of benzene rings is 2. The summed E-state index contributed by atoms with van der Waals surface area (Å²) < 4.78 is 5.71. The maximum absolute atomic E-state index is 13.6. The fourth-order valence-electron chi connectivity index (χ4n) is 5.18. The molecule has 57 heavy (non-hydrogen) atoms. The standard InChI is InChI=1S/C35H50N10O12/c1-16(46)25(44-31(53)21(10-6-14-40-34(36)37)42-29(51)19-8-4-12-23(47)27(19)49)17(2)57-18(3)26(33(55)56)45-32(54)22(11-7-15-41-35(38)39)43-30(52)20-9-5-13-24(48)28(20)50/h4-5,8-9,12-13,16,18,21-22,25-26,46-50H,2,6-7,10-11,14-15H2,1,3H3,(H,42,51)(H,43,52)(H,44,53)(H,45,54)(H,55,56)(H4,36,37,40)(H4,38,39,41). The Balaban J connectivity index is 2.27. The number of aliphatic carboxylic acids is 1. The van der Waals surface area contributed by atoms with Crippen LogP contribution in [-0.2, 0) is 19.1 Å². The fourth-order valence-corrected chi connectivity index (χ4v) is 5.18. The Bertz CT molecular complexity index is 1830. The van der Waals surface area contributed by atoms with Gasteiger partial charge in [-0.25, -0.2) is 4.79 Å². The molecule has 0 spiro atoms. The van der Waals surface area contributed by atoms with E-state index in [-0.39, 0.29) is 67.6 Å². The van der Waals surface area contributed by atoms with Gasteiger partial charge in [0.15, 0.2) is 41.0 Å². The van der Waals surface area contributed by atoms with Gasteiger partial charge in [0, 0.05) is 13.1 Å². The number of guanidine groups is 2. The number of phenolic OH excluding ortho intramolecular Hbond substituents is 4. The lowest BCUT2D eigenvalue weighted by Crippen LogP contribution is -2.56. The summed E-state index contributed by atoms with van der Waals surface area (Å²) in [6.45, 7) is 6.34. The molecule has 0 saturated heterocycles. The Hall–Kier alpha value is -6.97. The van der Waals surface area contributed by atoms with E-state index in [0.717, 1.165) is 12.1 Å². The number of nitrogens with zero attached hydrogens (tertiary/aromatic N) is 2. The van der Waals surface area contributed by atoms with E-state index in [9.17, 15) is 54.6 Å². The summed E-state index contributed by atoms with van der Waals surface area (Å²) in [6, 6.07) is 1.23. The Morgan fingerprint density at radius 3 is 1.47 bits per heavy atom. The van der Waals surface area contributed by atoms with Crippen molar-refractivity contribution in [3.05, 3.63) is 59.9 Å². The Morgan fingerprint density at radius 2 is 1.11 bits per heavy atom. The fraction of sp³-hybridized carbons (Fsp3) is 0.400. The Kier molecular flexibility index (Phi) is 17.7. The molecule has 22 nitrogen and oxygen atoms in total. The van der Waals surface area contributed by atoms with Crippen molar-refractivity contribution in [3.63, 3.8) is 0 Å². The summed E-state index contributed by atoms with van der Waals surface area (Å²) in [4.78, 5) is 73.2. The molecule has 2 aromatic carbocycles. The highest BCUT2D eigenvalue weighted by Gasteiger charge is 2.35. The van der Waals surface area contributed by atoms with Crippen LogP contribution in [0, 0.1) is 0 Å². The van der Waals surface area contributed by atoms with Gasteiger partial charge in [-0.3, -0.25) is 29.2 Å². The first-order chi connectivity index (χ1) is 26.7. The summed E-state index contributed by atoms with van der Waals surface area (Å²) in [5, 5.41) is 70.3. The number of ether oxygens (including phenoxy) is 1. The summed E-state index contributed by atoms with van der Waals surface area (Å²) in [6.07, 6.45) is -2.74. The molecule has 312 valence electrons. The molecule has 0 aromatic heterocycles. The van der Waals surface area contributed by atoms with Crippen molar-refractivity contribution in [2.75, 3.05) is 13.1 Å². The number of phenols is 4. The molecule has 22 heteroatoms. The van der Waals surface area contributed by atoms with Gasteiger partial charge in [0.1, 0.15) is 30.0 Å². The van der Waals surface area contributed by atoms with Crippen LogP contribution in [0.15, 0.2) is 58.7 Å². The molecule has 0 radical (unpaired) electrons. The number of para-hydroxylation sites is 2. The van der Waals surface area contributed by atoms with Crippen molar-refractivity contribution < 1.29 is 59.3 Å². The van der Waals surface area contributed by atoms with Gasteiger partial charge < -0.3 is 79.6 Å². The first-order valence-corrected chi connectivity index (χ1v) is 17.4. The van der Waals surface area contributed by atoms with Crippen LogP contribution in [0.4, 0.5) is 0 Å². The molecule has 0 bridgehead atoms. The number of nitrogens with two attached hydrogens (primary N) is 4. The Labute approximate surface area is 326 Å². The zero-order chi connectivity index (χ0) is 43.0. The smallest absolute Gasteiger partial charge is 0.330 e. The summed E-state index contributed by atoms with van der Waals surface area (Å²) in [5.74, 6) is -8.86. The maximum atomic E-state index is 13.6. The van der Waals surface area contributed by atoms with E-state index in [1.54, 1.807) is 0 Å². The van der Waals surface area contributed by atoms with Gasteiger partial charge in [-0.15, -0.1) is 0 Å². The number of carboxylic acids is 1. The van der Waals surface area contributed by atoms with Gasteiger partial charge in [-0.1, -0.05) is 18.7 Å². The first kappa shape index (κ1) is 46.2. The number of carbonyl (C=O) groups is 5. The topological polar surface area (TPSA) is 393 Å². The number of aromatic hydroxyl groups is 4. The highest BCUT2D eigenvalue weighted by Crippen LogP contribution is 2.29. The monoisotopic (exact) mass is 802 g/mol. The van der Waals surface area contributed by atoms with E-state index >= 15 is 0 Å². The second-order valence-electron chi connectivity index (χ2n) is 12.6. The van der Waals surface area contributed by atoms with Crippen molar-refractivity contribution in [2.24, 2.45) is 32.9 Å². The average Bonchev–Trinajstić information content (AvgIpc) is 3.13. The van der Waals surface area contributed by atoms with E-state index < -0.39 is 89.0 Å². The van der Waals surface area contributed by atoms with Gasteiger partial charge in [0.05, 0.1) is 17.2 Å². The van der Waals surface area contributed by atoms with Crippen molar-refractivity contribution in [3.8, 4) is 23.0 Å². The molecular weight excluding hydrogens is 752 g/mol. The number of rotatable bonds is 22. The summed E-state index contributed by atoms with van der Waals surface area (Å²) in [5.41, 5.74) is 20.7. The molecule has 0 fully saturated rings. The zero-order valence-corrected chi connectivity index (χ0v) is 31.2. The van der Waals surface area contributed by atoms with Crippen LogP contribution in [0.2, 0.25) is 0 Å². The van der Waals surface area contributed by atoms with E-state index in [1.165, 1.54) is 38.1 Å². The molecule has 0 aliphatic carbocycles. The van der Waals surface area contributed by atoms with Crippen LogP contribution >= 0.6 is 0 Å². The molecule has 0 aliphatic heterocycles. The minimum atomic E-state index is -1.82. The first-order valence-electron chi connectivity index (χ1n) is 17.4. The summed E-state index contributed by atoms with van der Waals surface area (Å²) >= 11 is 0. The molecular formula is C35H50N10O12. The van der Waals surface area contributed by atoms with Crippen LogP contribution in [0.25, 0.3) is 0 Å². The van der Waals surface area contributed by atoms with Crippen LogP contribution in [0.1, 0.15) is 60.2 Å². The molecule has 4 amide bonds. The average molecular weight is 803 g/mol. The van der Waals surface area contributed by atoms with Gasteiger partial charge in [0.25, 0.3) is 11.8 Å². The van der Waals surface area contributed by atoms with Crippen molar-refractivity contribution in [1.82, 2.24) is 21.3 Å². The number of carboxylic acid groups (broad SMARTS) is 1. The van der Waals surface area contributed by atoms with Crippen LogP contribution in [0.5, 0.6) is 23.0 Å². The van der Waals surface area contributed by atoms with Crippen LogP contribution in [-0.4, -0.2) is 122 Å². The predicted molar refractivity (Wildman–Crippen MR) is 205 cm³/mol. The molecule has 2 rings (SSSR count). The molecule has 0 aliphatic rings. The quantitative estimate of drug-likeness (QED) is 0.0199. The number of aliphatic hydroxyl groups is 1. The van der Waals surface area contributed by atoms with E-state index in [2.05, 4.69) is 37.8 Å². The number of nitrogens with one attached hydrogen (secondary N) is 4. The van der Waals surface area contributed by atoms with E-state index in [0.29, 0.717) is 0 Å². The highest BCUT2D eigenvalue weighted by molar-refractivity contribution is 6.01. The highest BCUT2D eigenvalue weighted by atomic mass is 16.5. The summed E-state index contributed by atoms with van der Waals surface area (Å²) in [7, 11) is 0. The SMILES string of the molecule is C=C(OC(C)C(NC(=O)C(CCCN=C(N)N)NC(=O)c1cccc(O)c1O)C(=O)O)C(NC(=O)C(CCCN=C(N)N)NC(=O)c1cccc(O)c1O)C(C)O. The lowest BCUT2D eigenvalue weighted by molar-refractivity contribution is -0.145. The van der Waals surface area contributed by atoms with Crippen LogP contribution in [0.3, 0.4) is 0 Å². The van der Waals surface area contributed by atoms with Gasteiger partial charge in [0.2, 0.25) is 11.8 Å². The van der Waals surface area contributed by atoms with Crippen molar-refractivity contribution >= 4 is 41.5 Å². The maximum Gasteiger partial charge on any atom is 0.330 e. The van der Waals surface area contributed by atoms with E-state index in [1.807, 2.05) is 0 Å². The van der Waals surface area contributed by atoms with Crippen LogP contribution < -0.4 is 44.2 Å². The van der Waals surface area contributed by atoms with Crippen molar-refractivity contribution in [1.29, 1.82) is 0 Å². The molecule has 0 heterocycles. The number of carbonyl (C=O) groups excluding carboxylic acids is 4.